The number of fused-ring (bicyclic) bond motifs is 1. The average molecular weight is 379 g/mol. The number of nitrogens with one attached hydrogen (secondary N) is 2. The van der Waals surface area contributed by atoms with Gasteiger partial charge in [0.1, 0.15) is 5.60 Å². The summed E-state index contributed by atoms with van der Waals surface area (Å²) in [5, 5.41) is 7.92. The molecule has 0 aliphatic rings. The minimum Gasteiger partial charge on any atom is -0.444 e. The average Bonchev–Trinajstić information content (AvgIpc) is 2.53. The molecule has 0 fully saturated rings. The number of nitrogens with zero attached hydrogens (tertiary/aromatic N) is 2. The van der Waals surface area contributed by atoms with E-state index in [-0.39, 0.29) is 6.09 Å². The van der Waals surface area contributed by atoms with E-state index in [4.69, 9.17) is 16.3 Å². The fraction of sp³-hybridized carbons (Fsp3) is 0.474. The molecule has 0 bridgehead atoms. The summed E-state index contributed by atoms with van der Waals surface area (Å²) in [6.45, 7) is 8.46. The van der Waals surface area contributed by atoms with E-state index >= 15 is 0 Å². The molecule has 1 aromatic carbocycles. The number of rotatable bonds is 7. The fourth-order valence-electron chi connectivity index (χ4n) is 2.43. The lowest BCUT2D eigenvalue weighted by Gasteiger charge is -2.21. The van der Waals surface area contributed by atoms with Crippen LogP contribution in [0.3, 0.4) is 0 Å². The molecule has 1 heterocycles. The lowest BCUT2D eigenvalue weighted by atomic mass is 10.2. The number of anilines is 1. The zero-order valence-corrected chi connectivity index (χ0v) is 16.6. The Morgan fingerprint density at radius 2 is 1.96 bits per heavy atom. The largest absolute Gasteiger partial charge is 0.444 e. The van der Waals surface area contributed by atoms with Crippen LogP contribution >= 0.6 is 11.6 Å². The Morgan fingerprint density at radius 3 is 2.69 bits per heavy atom. The van der Waals surface area contributed by atoms with Crippen molar-refractivity contribution in [2.45, 2.75) is 26.4 Å². The Bertz CT molecular complexity index is 746. The van der Waals surface area contributed by atoms with Crippen molar-refractivity contribution in [2.24, 2.45) is 0 Å². The third-order valence-corrected chi connectivity index (χ3v) is 3.91. The molecule has 26 heavy (non-hydrogen) atoms. The quantitative estimate of drug-likeness (QED) is 0.767. The van der Waals surface area contributed by atoms with Crippen molar-refractivity contribution in [3.8, 4) is 0 Å². The Kier molecular flexibility index (Phi) is 7.06. The number of benzene rings is 1. The number of likely N-dealkylation sites (N-methyl/N-ethyl adjacent to an activating group) is 1. The lowest BCUT2D eigenvalue weighted by molar-refractivity contribution is 0.0524. The second-order valence-corrected chi connectivity index (χ2v) is 7.62. The van der Waals surface area contributed by atoms with Crippen molar-refractivity contribution in [3.05, 3.63) is 35.5 Å². The van der Waals surface area contributed by atoms with Gasteiger partial charge in [0.2, 0.25) is 0 Å². The first kappa shape index (κ1) is 20.3. The number of carbonyl (C=O) groups excluding carboxylic acids is 1. The predicted octanol–water partition coefficient (Wildman–Crippen LogP) is 3.76. The van der Waals surface area contributed by atoms with Crippen LogP contribution in [-0.4, -0.2) is 54.8 Å². The van der Waals surface area contributed by atoms with Gasteiger partial charge >= 0.3 is 6.09 Å². The smallest absolute Gasteiger partial charge is 0.407 e. The maximum absolute atomic E-state index is 11.6. The van der Waals surface area contributed by atoms with Gasteiger partial charge in [0, 0.05) is 48.5 Å². The van der Waals surface area contributed by atoms with Crippen LogP contribution in [0, 0.1) is 0 Å². The number of hydrogen-bond acceptors (Lipinski definition) is 5. The SMILES string of the molecule is CN(CCNC(=O)OC(C)(C)C)CCNc1ccnc2cc(Cl)ccc12. The Balaban J connectivity index is 1.73. The Labute approximate surface area is 159 Å². The van der Waals surface area contributed by atoms with Gasteiger partial charge in [0.15, 0.2) is 0 Å². The van der Waals surface area contributed by atoms with Gasteiger partial charge in [-0.2, -0.15) is 0 Å². The van der Waals surface area contributed by atoms with Crippen molar-refractivity contribution < 1.29 is 9.53 Å². The van der Waals surface area contributed by atoms with Gasteiger partial charge < -0.3 is 20.3 Å². The van der Waals surface area contributed by atoms with Gasteiger partial charge in [-0.15, -0.1) is 0 Å². The summed E-state index contributed by atoms with van der Waals surface area (Å²) in [5.74, 6) is 0. The zero-order chi connectivity index (χ0) is 19.2. The summed E-state index contributed by atoms with van der Waals surface area (Å²) in [7, 11) is 2.02. The molecule has 0 radical (unpaired) electrons. The van der Waals surface area contributed by atoms with E-state index in [1.807, 2.05) is 52.1 Å². The molecule has 0 saturated carbocycles. The highest BCUT2D eigenvalue weighted by molar-refractivity contribution is 6.31. The predicted molar refractivity (Wildman–Crippen MR) is 107 cm³/mol. The molecule has 6 nitrogen and oxygen atoms in total. The van der Waals surface area contributed by atoms with Crippen molar-refractivity contribution in [1.82, 2.24) is 15.2 Å². The molecule has 1 aromatic heterocycles. The molecule has 0 saturated heterocycles. The summed E-state index contributed by atoms with van der Waals surface area (Å²) in [6, 6.07) is 7.66. The molecular formula is C19H27ClN4O2. The van der Waals surface area contributed by atoms with Crippen molar-refractivity contribution in [3.63, 3.8) is 0 Å². The summed E-state index contributed by atoms with van der Waals surface area (Å²) in [6.07, 6.45) is 1.39. The minimum absolute atomic E-state index is 0.383. The molecule has 2 rings (SSSR count). The van der Waals surface area contributed by atoms with Gasteiger partial charge in [-0.3, -0.25) is 4.98 Å². The maximum Gasteiger partial charge on any atom is 0.407 e. The van der Waals surface area contributed by atoms with Crippen LogP contribution in [0.1, 0.15) is 20.8 Å². The van der Waals surface area contributed by atoms with E-state index in [1.54, 1.807) is 6.20 Å². The second kappa shape index (κ2) is 9.05. The van der Waals surface area contributed by atoms with Crippen LogP contribution in [0.25, 0.3) is 10.9 Å². The topological polar surface area (TPSA) is 66.5 Å². The summed E-state index contributed by atoms with van der Waals surface area (Å²) >= 11 is 6.02. The highest BCUT2D eigenvalue weighted by Gasteiger charge is 2.15. The highest BCUT2D eigenvalue weighted by Crippen LogP contribution is 2.24. The number of ether oxygens (including phenoxy) is 1. The molecule has 2 aromatic rings. The molecule has 0 unspecified atom stereocenters. The molecule has 142 valence electrons. The number of carbonyl (C=O) groups is 1. The molecule has 2 N–H and O–H groups in total. The van der Waals surface area contributed by atoms with Gasteiger partial charge in [0.05, 0.1) is 5.52 Å². The van der Waals surface area contributed by atoms with Gasteiger partial charge in [0.25, 0.3) is 0 Å². The lowest BCUT2D eigenvalue weighted by Crippen LogP contribution is -2.38. The fourth-order valence-corrected chi connectivity index (χ4v) is 2.60. The van der Waals surface area contributed by atoms with Crippen molar-refractivity contribution >= 4 is 34.3 Å². The van der Waals surface area contributed by atoms with Crippen LogP contribution < -0.4 is 10.6 Å². The first-order valence-corrected chi connectivity index (χ1v) is 9.06. The first-order valence-electron chi connectivity index (χ1n) is 8.68. The van der Waals surface area contributed by atoms with Crippen LogP contribution in [0.4, 0.5) is 10.5 Å². The van der Waals surface area contributed by atoms with Crippen LogP contribution in [0.2, 0.25) is 5.02 Å². The Morgan fingerprint density at radius 1 is 1.23 bits per heavy atom. The molecule has 7 heteroatoms. The van der Waals surface area contributed by atoms with Crippen LogP contribution in [0.5, 0.6) is 0 Å². The highest BCUT2D eigenvalue weighted by atomic mass is 35.5. The number of aromatic nitrogens is 1. The number of alkyl carbamates (subject to hydrolysis) is 1. The summed E-state index contributed by atoms with van der Waals surface area (Å²) in [5.41, 5.74) is 1.43. The molecule has 0 atom stereocenters. The Hall–Kier alpha value is -2.05. The summed E-state index contributed by atoms with van der Waals surface area (Å²) in [4.78, 5) is 18.1. The second-order valence-electron chi connectivity index (χ2n) is 7.18. The monoisotopic (exact) mass is 378 g/mol. The molecule has 1 amide bonds. The van der Waals surface area contributed by atoms with Crippen molar-refractivity contribution in [1.29, 1.82) is 0 Å². The standard InChI is InChI=1S/C19H27ClN4O2/c1-19(2,3)26-18(25)23-10-12-24(4)11-9-22-16-7-8-21-17-13-14(20)5-6-15(16)17/h5-8,13H,9-12H2,1-4H3,(H,21,22)(H,23,25). The van der Waals surface area contributed by atoms with Crippen molar-refractivity contribution in [2.75, 3.05) is 38.5 Å². The van der Waals surface area contributed by atoms with Gasteiger partial charge in [-0.1, -0.05) is 11.6 Å². The van der Waals surface area contributed by atoms with E-state index in [0.717, 1.165) is 36.2 Å². The summed E-state index contributed by atoms with van der Waals surface area (Å²) < 4.78 is 5.21. The minimum atomic E-state index is -0.475. The van der Waals surface area contributed by atoms with E-state index in [2.05, 4.69) is 20.5 Å². The zero-order valence-electron chi connectivity index (χ0n) is 15.8. The third-order valence-electron chi connectivity index (χ3n) is 3.68. The maximum atomic E-state index is 11.6. The number of pyridine rings is 1. The van der Waals surface area contributed by atoms with E-state index in [9.17, 15) is 4.79 Å². The van der Waals surface area contributed by atoms with Gasteiger partial charge in [-0.05, 0) is 52.1 Å². The van der Waals surface area contributed by atoms with E-state index in [0.29, 0.717) is 11.6 Å². The third kappa shape index (κ3) is 6.69. The van der Waals surface area contributed by atoms with Crippen LogP contribution in [0.15, 0.2) is 30.5 Å². The molecule has 0 aliphatic carbocycles. The number of halogens is 1. The van der Waals surface area contributed by atoms with E-state index in [1.165, 1.54) is 0 Å². The molecule has 0 aliphatic heterocycles. The number of hydrogen-bond donors (Lipinski definition) is 2. The molecular weight excluding hydrogens is 352 g/mol. The first-order chi connectivity index (χ1) is 12.2. The normalized spacial score (nSPS) is 11.6. The molecule has 0 spiro atoms. The van der Waals surface area contributed by atoms with E-state index < -0.39 is 5.60 Å². The van der Waals surface area contributed by atoms with Gasteiger partial charge in [-0.25, -0.2) is 4.79 Å². The number of amides is 1. The van der Waals surface area contributed by atoms with Crippen LogP contribution in [-0.2, 0) is 4.74 Å².